The van der Waals surface area contributed by atoms with Gasteiger partial charge in [-0.3, -0.25) is 14.2 Å². The maximum Gasteiger partial charge on any atom is 0.306 e. The molecule has 2 aliphatic heterocycles. The smallest absolute Gasteiger partial charge is 0.306 e. The van der Waals surface area contributed by atoms with Crippen LogP contribution in [0.1, 0.15) is 59.5 Å². The minimum atomic E-state index is -2.02. The molecule has 4 heterocycles. The minimum Gasteiger partial charge on any atom is -0.497 e. The summed E-state index contributed by atoms with van der Waals surface area (Å²) >= 11 is 0. The van der Waals surface area contributed by atoms with Gasteiger partial charge in [0, 0.05) is 12.0 Å². The Morgan fingerprint density at radius 3 is 2.16 bits per heavy atom. The van der Waals surface area contributed by atoms with Crippen molar-refractivity contribution < 1.29 is 37.6 Å². The van der Waals surface area contributed by atoms with Crippen LogP contribution in [0.25, 0.3) is 11.2 Å². The second-order valence-corrected chi connectivity index (χ2v) is 15.7. The number of Topliss-reactive ketones (excluding diaryl/α,β-unsaturated/α-hetero) is 1. The van der Waals surface area contributed by atoms with Gasteiger partial charge in [0.05, 0.1) is 45.0 Å². The normalized spacial score (nSPS) is 19.9. The van der Waals surface area contributed by atoms with E-state index in [-0.39, 0.29) is 50.0 Å². The Labute approximate surface area is 353 Å². The lowest BCUT2D eigenvalue weighted by atomic mass is 9.76. The third-order valence-electron chi connectivity index (χ3n) is 10.6. The van der Waals surface area contributed by atoms with Gasteiger partial charge in [0.1, 0.15) is 42.2 Å². The van der Waals surface area contributed by atoms with E-state index >= 15 is 0 Å². The van der Waals surface area contributed by atoms with Crippen molar-refractivity contribution in [2.45, 2.75) is 56.2 Å². The van der Waals surface area contributed by atoms with Crippen LogP contribution >= 0.6 is 8.53 Å². The van der Waals surface area contributed by atoms with Gasteiger partial charge < -0.3 is 33.4 Å². The Morgan fingerprint density at radius 2 is 1.52 bits per heavy atom. The highest BCUT2D eigenvalue weighted by Gasteiger charge is 2.64. The number of ether oxygens (including phenoxy) is 3. The number of anilines is 1. The highest BCUT2D eigenvalue weighted by molar-refractivity contribution is 7.45. The molecule has 15 nitrogen and oxygen atoms in total. The highest BCUT2D eigenvalue weighted by Crippen LogP contribution is 2.66. The number of carbonyl (C=O) groups excluding carboxylic acids is 3. The second kappa shape index (κ2) is 18.5. The van der Waals surface area contributed by atoms with Gasteiger partial charge in [-0.2, -0.15) is 5.26 Å². The molecule has 1 amide bonds. The summed E-state index contributed by atoms with van der Waals surface area (Å²) in [5.74, 6) is -0.193. The molecular weight excluding hydrogens is 798 g/mol. The van der Waals surface area contributed by atoms with Gasteiger partial charge in [0.2, 0.25) is 0 Å². The van der Waals surface area contributed by atoms with Crippen LogP contribution in [0.2, 0.25) is 0 Å². The van der Waals surface area contributed by atoms with Crippen LogP contribution in [0.5, 0.6) is 5.75 Å². The van der Waals surface area contributed by atoms with Crippen molar-refractivity contribution in [2.75, 3.05) is 25.6 Å². The molecule has 0 saturated carbocycles. The molecule has 310 valence electrons. The summed E-state index contributed by atoms with van der Waals surface area (Å²) in [6, 6.07) is 38.1. The zero-order valence-corrected chi connectivity index (χ0v) is 34.3. The van der Waals surface area contributed by atoms with Gasteiger partial charge >= 0.3 is 5.97 Å². The van der Waals surface area contributed by atoms with E-state index < -0.39 is 44.5 Å². The fourth-order valence-corrected chi connectivity index (χ4v) is 9.92. The number of methoxy groups -OCH3 is 1. The molecule has 5 atom stereocenters. The Hall–Kier alpha value is -6.40. The molecule has 16 heteroatoms. The lowest BCUT2D eigenvalue weighted by Gasteiger charge is -2.47. The van der Waals surface area contributed by atoms with Crippen molar-refractivity contribution in [1.82, 2.24) is 24.2 Å². The number of hydrogen-bond acceptors (Lipinski definition) is 13. The van der Waals surface area contributed by atoms with Crippen molar-refractivity contribution >= 4 is 43.2 Å². The molecule has 1 unspecified atom stereocenters. The van der Waals surface area contributed by atoms with Crippen LogP contribution in [0, 0.1) is 11.3 Å². The van der Waals surface area contributed by atoms with Crippen LogP contribution in [-0.2, 0) is 33.6 Å². The van der Waals surface area contributed by atoms with E-state index in [0.29, 0.717) is 22.5 Å². The molecular formula is C45H42N7O8P. The summed E-state index contributed by atoms with van der Waals surface area (Å²) in [5.41, 5.74) is 2.60. The molecule has 8 rings (SSSR count). The second-order valence-electron chi connectivity index (χ2n) is 14.4. The number of hydrogen-bond donors (Lipinski definition) is 1. The first-order chi connectivity index (χ1) is 29.8. The van der Waals surface area contributed by atoms with Gasteiger partial charge in [-0.05, 0) is 47.9 Å². The van der Waals surface area contributed by atoms with E-state index in [9.17, 15) is 19.6 Å². The minimum absolute atomic E-state index is 0.0454. The third kappa shape index (κ3) is 8.24. The van der Waals surface area contributed by atoms with Crippen LogP contribution in [0.4, 0.5) is 5.82 Å². The van der Waals surface area contributed by atoms with E-state index in [1.807, 2.05) is 91.0 Å². The molecule has 0 aliphatic carbocycles. The van der Waals surface area contributed by atoms with E-state index in [2.05, 4.69) is 26.0 Å². The predicted molar refractivity (Wildman–Crippen MR) is 224 cm³/mol. The number of nitriles is 1. The lowest BCUT2D eigenvalue weighted by Crippen LogP contribution is -2.51. The first-order valence-electron chi connectivity index (χ1n) is 19.7. The largest absolute Gasteiger partial charge is 0.497 e. The number of fused-ring (bicyclic) bond motifs is 2. The molecule has 2 saturated heterocycles. The van der Waals surface area contributed by atoms with Crippen molar-refractivity contribution in [3.05, 3.63) is 150 Å². The third-order valence-corrected chi connectivity index (χ3v) is 12.4. The molecule has 1 N–H and O–H groups in total. The first-order valence-corrected chi connectivity index (χ1v) is 20.8. The molecule has 2 fully saturated rings. The summed E-state index contributed by atoms with van der Waals surface area (Å²) in [5, 5.41) is 12.5. The number of benzene rings is 4. The number of amides is 1. The fourth-order valence-electron chi connectivity index (χ4n) is 7.86. The van der Waals surface area contributed by atoms with E-state index in [1.165, 1.54) is 13.3 Å². The standard InChI is InChI=1S/C45H42N7O8P/c1-30(53)19-24-37(54)57-27-36-40-39(44(59-36)51-29-49-38-41(47-28-48-42(38)51)50-43(55)31-13-6-3-7-14-31)52(61(60-40)58-26-12-25-46)45(32-15-8-4-9-16-32,33-17-10-5-11-18-33)34-20-22-35(56-2)23-21-34/h3-11,13-18,20-23,28-29,36,39-40,44H,12,19,24,26-27H2,1-2H3,(H,47,48,50,55)/t36-,39-,40-,44-,61?/m1/s1. The number of aromatic nitrogens is 4. The van der Waals surface area contributed by atoms with Gasteiger partial charge in [-0.15, -0.1) is 0 Å². The quantitative estimate of drug-likeness (QED) is 0.0451. The van der Waals surface area contributed by atoms with E-state index in [0.717, 1.165) is 16.7 Å². The Balaban J connectivity index is 1.31. The number of imidazole rings is 1. The van der Waals surface area contributed by atoms with Gasteiger partial charge in [-0.25, -0.2) is 19.6 Å². The summed E-state index contributed by atoms with van der Waals surface area (Å²) in [6.45, 7) is 1.29. The van der Waals surface area contributed by atoms with E-state index in [4.69, 9.17) is 28.2 Å². The van der Waals surface area contributed by atoms with E-state index in [1.54, 1.807) is 42.3 Å². The highest BCUT2D eigenvalue weighted by atomic mass is 31.2. The average Bonchev–Trinajstić information content (AvgIpc) is 4.00. The summed E-state index contributed by atoms with van der Waals surface area (Å²) < 4.78 is 35.9. The molecule has 0 radical (unpaired) electrons. The maximum atomic E-state index is 13.3. The van der Waals surface area contributed by atoms with Crippen LogP contribution in [-0.4, -0.2) is 80.4 Å². The van der Waals surface area contributed by atoms with Crippen molar-refractivity contribution in [1.29, 1.82) is 5.26 Å². The van der Waals surface area contributed by atoms with Crippen molar-refractivity contribution in [2.24, 2.45) is 0 Å². The van der Waals surface area contributed by atoms with Crippen LogP contribution in [0.15, 0.2) is 128 Å². The Kier molecular flexibility index (Phi) is 12.5. The van der Waals surface area contributed by atoms with Crippen LogP contribution < -0.4 is 10.1 Å². The number of rotatable bonds is 16. The van der Waals surface area contributed by atoms with Crippen molar-refractivity contribution in [3.8, 4) is 11.8 Å². The van der Waals surface area contributed by atoms with Gasteiger partial charge in [-0.1, -0.05) is 91.0 Å². The monoisotopic (exact) mass is 839 g/mol. The SMILES string of the molecule is COc1ccc(C(c2ccccc2)(c2ccccc2)N2[C@@H]3[C@H](OP2OCCC#N)[C@@H](COC(=O)CCC(C)=O)O[C@H]3n2cnc3c(NC(=O)c4ccccc4)ncnc32)cc1. The van der Waals surface area contributed by atoms with Crippen LogP contribution in [0.3, 0.4) is 0 Å². The van der Waals surface area contributed by atoms with Gasteiger partial charge in [0.25, 0.3) is 14.4 Å². The molecule has 0 spiro atoms. The number of esters is 1. The molecule has 61 heavy (non-hydrogen) atoms. The molecule has 2 aromatic heterocycles. The van der Waals surface area contributed by atoms with Gasteiger partial charge in [0.15, 0.2) is 23.2 Å². The van der Waals surface area contributed by atoms with Crippen molar-refractivity contribution in [3.63, 3.8) is 0 Å². The summed E-state index contributed by atoms with van der Waals surface area (Å²) in [6.07, 6.45) is 0.454. The fraction of sp³-hybridized carbons (Fsp3) is 0.267. The molecule has 2 aliphatic rings. The Morgan fingerprint density at radius 1 is 0.869 bits per heavy atom. The number of ketones is 1. The summed E-state index contributed by atoms with van der Waals surface area (Å²) in [7, 11) is -0.405. The molecule has 4 aromatic carbocycles. The predicted octanol–water partition coefficient (Wildman–Crippen LogP) is 7.12. The molecule has 6 aromatic rings. The number of carbonyl (C=O) groups is 3. The number of nitrogens with one attached hydrogen (secondary N) is 1. The lowest BCUT2D eigenvalue weighted by molar-refractivity contribution is -0.150. The number of nitrogens with zero attached hydrogens (tertiary/aromatic N) is 6. The zero-order valence-electron chi connectivity index (χ0n) is 33.4. The zero-order chi connectivity index (χ0) is 42.3. The summed E-state index contributed by atoms with van der Waals surface area (Å²) in [4.78, 5) is 51.7. The molecule has 0 bridgehead atoms. The Bertz CT molecular complexity index is 2480. The average molecular weight is 840 g/mol. The topological polar surface area (TPSA) is 180 Å². The first kappa shape index (κ1) is 41.3. The maximum absolute atomic E-state index is 13.3.